The molecule has 2 nitrogen and oxygen atoms in total. The summed E-state index contributed by atoms with van der Waals surface area (Å²) >= 11 is 0. The minimum absolute atomic E-state index is 0.359. The van der Waals surface area contributed by atoms with E-state index in [0.29, 0.717) is 6.04 Å². The molecule has 0 aromatic carbocycles. The minimum atomic E-state index is 0.359. The van der Waals surface area contributed by atoms with Crippen LogP contribution < -0.4 is 5.73 Å². The number of piperidine rings is 1. The summed E-state index contributed by atoms with van der Waals surface area (Å²) < 4.78 is 0. The van der Waals surface area contributed by atoms with Crippen LogP contribution in [0.1, 0.15) is 13.3 Å². The summed E-state index contributed by atoms with van der Waals surface area (Å²) in [5, 5.41) is 0. The third-order valence-corrected chi connectivity index (χ3v) is 2.60. The lowest BCUT2D eigenvalue weighted by Crippen LogP contribution is -2.35. The Bertz CT molecular complexity index is 123. The van der Waals surface area contributed by atoms with Gasteiger partial charge >= 0.3 is 0 Å². The molecule has 0 amide bonds. The molecule has 2 N–H and O–H groups in total. The van der Waals surface area contributed by atoms with E-state index in [0.717, 1.165) is 18.4 Å². The smallest absolute Gasteiger partial charge is 0.0139 e. The highest BCUT2D eigenvalue weighted by Crippen LogP contribution is 2.44. The van der Waals surface area contributed by atoms with E-state index in [1.54, 1.807) is 0 Å². The van der Waals surface area contributed by atoms with E-state index in [9.17, 15) is 0 Å². The van der Waals surface area contributed by atoms with Gasteiger partial charge < -0.3 is 10.6 Å². The van der Waals surface area contributed by atoms with Gasteiger partial charge in [0.1, 0.15) is 0 Å². The number of rotatable bonds is 2. The summed E-state index contributed by atoms with van der Waals surface area (Å²) in [6.45, 7) is 5.84. The van der Waals surface area contributed by atoms with E-state index in [-0.39, 0.29) is 0 Å². The van der Waals surface area contributed by atoms with Gasteiger partial charge in [-0.2, -0.15) is 0 Å². The van der Waals surface area contributed by atoms with Crippen LogP contribution >= 0.6 is 0 Å². The Balaban J connectivity index is 1.76. The van der Waals surface area contributed by atoms with Crippen molar-refractivity contribution in [2.24, 2.45) is 17.6 Å². The third kappa shape index (κ3) is 1.18. The average Bonchev–Trinajstić information content (AvgIpc) is 2.39. The summed E-state index contributed by atoms with van der Waals surface area (Å²) in [4.78, 5) is 2.50. The van der Waals surface area contributed by atoms with Crippen molar-refractivity contribution in [3.05, 3.63) is 0 Å². The van der Waals surface area contributed by atoms with Crippen LogP contribution in [0, 0.1) is 11.8 Å². The van der Waals surface area contributed by atoms with Crippen molar-refractivity contribution < 1.29 is 0 Å². The molecule has 58 valence electrons. The number of likely N-dealkylation sites (tertiary alicyclic amines) is 1. The first-order valence-corrected chi connectivity index (χ1v) is 4.23. The van der Waals surface area contributed by atoms with Crippen LogP contribution in [0.4, 0.5) is 0 Å². The number of nitrogens with zero attached hydrogens (tertiary/aromatic N) is 1. The molecule has 3 atom stereocenters. The zero-order valence-electron chi connectivity index (χ0n) is 6.59. The minimum Gasteiger partial charge on any atom is -0.327 e. The van der Waals surface area contributed by atoms with Crippen molar-refractivity contribution in [1.82, 2.24) is 4.90 Å². The maximum Gasteiger partial charge on any atom is 0.0139 e. The quantitative estimate of drug-likeness (QED) is 0.597. The van der Waals surface area contributed by atoms with Crippen LogP contribution in [-0.2, 0) is 0 Å². The lowest BCUT2D eigenvalue weighted by atomic mass is 10.3. The zero-order chi connectivity index (χ0) is 7.14. The van der Waals surface area contributed by atoms with Gasteiger partial charge in [-0.05, 0) is 25.2 Å². The van der Waals surface area contributed by atoms with Gasteiger partial charge in [0.25, 0.3) is 0 Å². The lowest BCUT2D eigenvalue weighted by Gasteiger charge is -2.18. The van der Waals surface area contributed by atoms with Crippen LogP contribution in [-0.4, -0.2) is 30.6 Å². The van der Waals surface area contributed by atoms with Gasteiger partial charge in [0.05, 0.1) is 0 Å². The molecule has 1 aliphatic heterocycles. The van der Waals surface area contributed by atoms with Crippen LogP contribution in [0.2, 0.25) is 0 Å². The van der Waals surface area contributed by atoms with Gasteiger partial charge in [-0.3, -0.25) is 0 Å². The van der Waals surface area contributed by atoms with Crippen molar-refractivity contribution >= 4 is 0 Å². The SMILES string of the molecule is CC(N)CN1CC2CC2C1. The predicted octanol–water partition coefficient (Wildman–Crippen LogP) is 0.285. The molecule has 1 saturated heterocycles. The molecule has 0 radical (unpaired) electrons. The fraction of sp³-hybridized carbons (Fsp3) is 1.00. The molecular weight excluding hydrogens is 124 g/mol. The van der Waals surface area contributed by atoms with Gasteiger partial charge in [-0.1, -0.05) is 0 Å². The Morgan fingerprint density at radius 2 is 2.10 bits per heavy atom. The Morgan fingerprint density at radius 3 is 2.60 bits per heavy atom. The second-order valence-corrected chi connectivity index (χ2v) is 3.95. The number of hydrogen-bond acceptors (Lipinski definition) is 2. The molecule has 2 heteroatoms. The Hall–Kier alpha value is -0.0800. The Kier molecular flexibility index (Phi) is 1.46. The molecule has 2 rings (SSSR count). The summed E-state index contributed by atoms with van der Waals surface area (Å²) in [5.41, 5.74) is 5.69. The molecule has 2 fully saturated rings. The summed E-state index contributed by atoms with van der Waals surface area (Å²) in [7, 11) is 0. The third-order valence-electron chi connectivity index (χ3n) is 2.60. The van der Waals surface area contributed by atoms with Crippen molar-refractivity contribution in [1.29, 1.82) is 0 Å². The Morgan fingerprint density at radius 1 is 1.50 bits per heavy atom. The monoisotopic (exact) mass is 140 g/mol. The maximum atomic E-state index is 5.69. The van der Waals surface area contributed by atoms with Gasteiger partial charge in [-0.25, -0.2) is 0 Å². The van der Waals surface area contributed by atoms with E-state index in [4.69, 9.17) is 5.73 Å². The average molecular weight is 140 g/mol. The first-order chi connectivity index (χ1) is 4.75. The van der Waals surface area contributed by atoms with Crippen molar-refractivity contribution in [3.8, 4) is 0 Å². The summed E-state index contributed by atoms with van der Waals surface area (Å²) in [5.74, 6) is 2.11. The van der Waals surface area contributed by atoms with Gasteiger partial charge in [0.2, 0.25) is 0 Å². The number of nitrogens with two attached hydrogens (primary N) is 1. The Labute approximate surface area is 62.4 Å². The molecule has 0 aromatic rings. The van der Waals surface area contributed by atoms with E-state index in [1.807, 2.05) is 0 Å². The number of hydrogen-bond donors (Lipinski definition) is 1. The molecule has 1 aliphatic carbocycles. The molecule has 0 aromatic heterocycles. The van der Waals surface area contributed by atoms with Crippen LogP contribution in [0.25, 0.3) is 0 Å². The summed E-state index contributed by atoms with van der Waals surface area (Å²) in [6, 6.07) is 0.359. The van der Waals surface area contributed by atoms with Crippen LogP contribution in [0.5, 0.6) is 0 Å². The van der Waals surface area contributed by atoms with E-state index >= 15 is 0 Å². The normalized spacial score (nSPS) is 41.4. The molecule has 1 saturated carbocycles. The van der Waals surface area contributed by atoms with Gasteiger partial charge in [0.15, 0.2) is 0 Å². The van der Waals surface area contributed by atoms with E-state index in [1.165, 1.54) is 19.5 Å². The van der Waals surface area contributed by atoms with Gasteiger partial charge in [-0.15, -0.1) is 0 Å². The van der Waals surface area contributed by atoms with Crippen molar-refractivity contribution in [2.45, 2.75) is 19.4 Å². The number of fused-ring (bicyclic) bond motifs is 1. The molecule has 10 heavy (non-hydrogen) atoms. The first-order valence-electron chi connectivity index (χ1n) is 4.23. The highest BCUT2D eigenvalue weighted by atomic mass is 15.2. The van der Waals surface area contributed by atoms with Crippen LogP contribution in [0.15, 0.2) is 0 Å². The lowest BCUT2D eigenvalue weighted by molar-refractivity contribution is 0.290. The molecular formula is C8H16N2. The van der Waals surface area contributed by atoms with Crippen molar-refractivity contribution in [2.75, 3.05) is 19.6 Å². The second kappa shape index (κ2) is 2.21. The standard InChI is InChI=1S/C8H16N2/c1-6(9)3-10-4-7-2-8(7)5-10/h6-8H,2-5,9H2,1H3. The van der Waals surface area contributed by atoms with Crippen LogP contribution in [0.3, 0.4) is 0 Å². The summed E-state index contributed by atoms with van der Waals surface area (Å²) in [6.07, 6.45) is 1.50. The highest BCUT2D eigenvalue weighted by Gasteiger charge is 2.44. The molecule has 2 aliphatic rings. The largest absolute Gasteiger partial charge is 0.327 e. The first kappa shape index (κ1) is 6.62. The van der Waals surface area contributed by atoms with Crippen molar-refractivity contribution in [3.63, 3.8) is 0 Å². The second-order valence-electron chi connectivity index (χ2n) is 3.95. The predicted molar refractivity (Wildman–Crippen MR) is 41.7 cm³/mol. The fourth-order valence-electron chi connectivity index (χ4n) is 2.05. The van der Waals surface area contributed by atoms with Gasteiger partial charge in [0, 0.05) is 25.7 Å². The fourth-order valence-corrected chi connectivity index (χ4v) is 2.05. The molecule has 3 unspecified atom stereocenters. The molecule has 0 bridgehead atoms. The van der Waals surface area contributed by atoms with E-state index in [2.05, 4.69) is 11.8 Å². The topological polar surface area (TPSA) is 29.3 Å². The zero-order valence-corrected chi connectivity index (χ0v) is 6.59. The molecule has 0 spiro atoms. The maximum absolute atomic E-state index is 5.69. The molecule has 1 heterocycles. The van der Waals surface area contributed by atoms with E-state index < -0.39 is 0 Å². The highest BCUT2D eigenvalue weighted by molar-refractivity contribution is 4.97.